The Balaban J connectivity index is 1.76. The first-order valence-corrected chi connectivity index (χ1v) is 9.66. The molecule has 0 N–H and O–H groups in total. The van der Waals surface area contributed by atoms with Gasteiger partial charge in [0.05, 0.1) is 12.7 Å². The Bertz CT molecular complexity index is 657. The third-order valence-electron chi connectivity index (χ3n) is 5.10. The molecule has 0 spiro atoms. The predicted octanol–water partition coefficient (Wildman–Crippen LogP) is 5.70. The number of piperidine rings is 1. The zero-order valence-corrected chi connectivity index (χ0v) is 16.1. The van der Waals surface area contributed by atoms with E-state index in [0.717, 1.165) is 11.6 Å². The van der Waals surface area contributed by atoms with Crippen LogP contribution in [0.1, 0.15) is 47.6 Å². The molecule has 0 aromatic heterocycles. The van der Waals surface area contributed by atoms with Crippen molar-refractivity contribution < 1.29 is 4.74 Å². The standard InChI is InChI=1S/C22H28ClNO/c1-17-7-6-8-18(2)22(17)21(15-24-13-4-3-5-14-24)25-16-19-9-11-20(23)12-10-19/h6-12,21H,3-5,13-16H2,1-2H3. The summed E-state index contributed by atoms with van der Waals surface area (Å²) in [7, 11) is 0. The Morgan fingerprint density at radius 3 is 2.24 bits per heavy atom. The first-order chi connectivity index (χ1) is 12.1. The molecule has 1 atom stereocenters. The van der Waals surface area contributed by atoms with Crippen LogP contribution in [-0.4, -0.2) is 24.5 Å². The van der Waals surface area contributed by atoms with E-state index in [-0.39, 0.29) is 6.10 Å². The molecule has 2 aromatic carbocycles. The van der Waals surface area contributed by atoms with Gasteiger partial charge in [-0.15, -0.1) is 0 Å². The number of hydrogen-bond donors (Lipinski definition) is 0. The summed E-state index contributed by atoms with van der Waals surface area (Å²) >= 11 is 5.99. The van der Waals surface area contributed by atoms with Crippen LogP contribution in [0.2, 0.25) is 5.02 Å². The highest BCUT2D eigenvalue weighted by molar-refractivity contribution is 6.30. The minimum Gasteiger partial charge on any atom is -0.367 e. The van der Waals surface area contributed by atoms with Crippen molar-refractivity contribution in [3.05, 3.63) is 69.7 Å². The lowest BCUT2D eigenvalue weighted by molar-refractivity contribution is 0.00930. The lowest BCUT2D eigenvalue weighted by Crippen LogP contribution is -2.34. The molecule has 0 saturated carbocycles. The van der Waals surface area contributed by atoms with E-state index in [0.29, 0.717) is 6.61 Å². The van der Waals surface area contributed by atoms with E-state index in [2.05, 4.69) is 36.9 Å². The van der Waals surface area contributed by atoms with Crippen LogP contribution in [0.3, 0.4) is 0 Å². The zero-order valence-electron chi connectivity index (χ0n) is 15.3. The molecular formula is C22H28ClNO. The van der Waals surface area contributed by atoms with Crippen LogP contribution in [0.5, 0.6) is 0 Å². The number of ether oxygens (including phenoxy) is 1. The molecule has 1 saturated heterocycles. The second-order valence-corrected chi connectivity index (χ2v) is 7.53. The van der Waals surface area contributed by atoms with Crippen molar-refractivity contribution >= 4 is 11.6 Å². The minimum atomic E-state index is 0.106. The molecule has 0 radical (unpaired) electrons. The molecule has 1 heterocycles. The number of benzene rings is 2. The molecule has 1 fully saturated rings. The van der Waals surface area contributed by atoms with Crippen molar-refractivity contribution in [2.45, 2.75) is 45.8 Å². The van der Waals surface area contributed by atoms with Gasteiger partial charge in [0.2, 0.25) is 0 Å². The fourth-order valence-electron chi connectivity index (χ4n) is 3.72. The van der Waals surface area contributed by atoms with Crippen LogP contribution in [0, 0.1) is 13.8 Å². The van der Waals surface area contributed by atoms with E-state index in [1.54, 1.807) is 0 Å². The molecule has 0 amide bonds. The van der Waals surface area contributed by atoms with E-state index < -0.39 is 0 Å². The van der Waals surface area contributed by atoms with Crippen molar-refractivity contribution in [2.75, 3.05) is 19.6 Å². The average Bonchev–Trinajstić information content (AvgIpc) is 2.61. The van der Waals surface area contributed by atoms with Crippen LogP contribution in [0.4, 0.5) is 0 Å². The summed E-state index contributed by atoms with van der Waals surface area (Å²) in [5.74, 6) is 0. The molecule has 1 unspecified atom stereocenters. The Kier molecular flexibility index (Phi) is 6.52. The van der Waals surface area contributed by atoms with E-state index >= 15 is 0 Å². The summed E-state index contributed by atoms with van der Waals surface area (Å²) in [6.07, 6.45) is 4.07. The van der Waals surface area contributed by atoms with Crippen LogP contribution >= 0.6 is 11.6 Å². The van der Waals surface area contributed by atoms with Crippen molar-refractivity contribution in [3.8, 4) is 0 Å². The van der Waals surface area contributed by atoms with E-state index in [1.807, 2.05) is 24.3 Å². The number of likely N-dealkylation sites (tertiary alicyclic amines) is 1. The van der Waals surface area contributed by atoms with Gasteiger partial charge < -0.3 is 9.64 Å². The van der Waals surface area contributed by atoms with E-state index in [1.165, 1.54) is 54.6 Å². The molecule has 1 aliphatic heterocycles. The first kappa shape index (κ1) is 18.4. The second-order valence-electron chi connectivity index (χ2n) is 7.09. The molecule has 134 valence electrons. The van der Waals surface area contributed by atoms with Crippen LogP contribution < -0.4 is 0 Å². The summed E-state index contributed by atoms with van der Waals surface area (Å²) in [4.78, 5) is 2.56. The maximum absolute atomic E-state index is 6.43. The number of aryl methyl sites for hydroxylation is 2. The maximum atomic E-state index is 6.43. The summed E-state index contributed by atoms with van der Waals surface area (Å²) in [6, 6.07) is 14.5. The summed E-state index contributed by atoms with van der Waals surface area (Å²) in [5.41, 5.74) is 5.15. The lowest BCUT2D eigenvalue weighted by atomic mass is 9.97. The third-order valence-corrected chi connectivity index (χ3v) is 5.35. The van der Waals surface area contributed by atoms with Gasteiger partial charge in [-0.05, 0) is 74.2 Å². The molecule has 3 heteroatoms. The molecule has 0 bridgehead atoms. The van der Waals surface area contributed by atoms with Crippen LogP contribution in [0.15, 0.2) is 42.5 Å². The topological polar surface area (TPSA) is 12.5 Å². The number of nitrogens with zero attached hydrogens (tertiary/aromatic N) is 1. The van der Waals surface area contributed by atoms with Gasteiger partial charge in [0.25, 0.3) is 0 Å². The monoisotopic (exact) mass is 357 g/mol. The Morgan fingerprint density at radius 2 is 1.60 bits per heavy atom. The van der Waals surface area contributed by atoms with Gasteiger partial charge in [0.15, 0.2) is 0 Å². The van der Waals surface area contributed by atoms with Gasteiger partial charge in [-0.3, -0.25) is 0 Å². The van der Waals surface area contributed by atoms with Gasteiger partial charge in [-0.25, -0.2) is 0 Å². The van der Waals surface area contributed by atoms with Crippen molar-refractivity contribution in [1.29, 1.82) is 0 Å². The Hall–Kier alpha value is -1.35. The number of rotatable bonds is 6. The van der Waals surface area contributed by atoms with E-state index in [4.69, 9.17) is 16.3 Å². The normalized spacial score (nSPS) is 16.8. The predicted molar refractivity (Wildman–Crippen MR) is 105 cm³/mol. The Labute approximate surface area is 156 Å². The van der Waals surface area contributed by atoms with Crippen LogP contribution in [-0.2, 0) is 11.3 Å². The second kappa shape index (κ2) is 8.84. The fourth-order valence-corrected chi connectivity index (χ4v) is 3.84. The fraction of sp³-hybridized carbons (Fsp3) is 0.455. The lowest BCUT2D eigenvalue weighted by Gasteiger charge is -2.32. The van der Waals surface area contributed by atoms with Gasteiger partial charge in [-0.1, -0.05) is 48.4 Å². The molecule has 3 rings (SSSR count). The van der Waals surface area contributed by atoms with Crippen molar-refractivity contribution in [3.63, 3.8) is 0 Å². The average molecular weight is 358 g/mol. The highest BCUT2D eigenvalue weighted by atomic mass is 35.5. The van der Waals surface area contributed by atoms with Crippen molar-refractivity contribution in [1.82, 2.24) is 4.90 Å². The van der Waals surface area contributed by atoms with Crippen molar-refractivity contribution in [2.24, 2.45) is 0 Å². The summed E-state index contributed by atoms with van der Waals surface area (Å²) in [6.45, 7) is 8.34. The molecule has 2 aromatic rings. The first-order valence-electron chi connectivity index (χ1n) is 9.28. The van der Waals surface area contributed by atoms with Gasteiger partial charge in [0.1, 0.15) is 0 Å². The number of halogens is 1. The largest absolute Gasteiger partial charge is 0.367 e. The maximum Gasteiger partial charge on any atom is 0.0961 e. The molecular weight excluding hydrogens is 330 g/mol. The van der Waals surface area contributed by atoms with Gasteiger partial charge in [0, 0.05) is 11.6 Å². The quantitative estimate of drug-likeness (QED) is 0.657. The van der Waals surface area contributed by atoms with Gasteiger partial charge >= 0.3 is 0 Å². The molecule has 2 nitrogen and oxygen atoms in total. The highest BCUT2D eigenvalue weighted by Gasteiger charge is 2.21. The number of hydrogen-bond acceptors (Lipinski definition) is 2. The molecule has 0 aliphatic carbocycles. The zero-order chi connectivity index (χ0) is 17.6. The SMILES string of the molecule is Cc1cccc(C)c1C(CN1CCCCC1)OCc1ccc(Cl)cc1. The smallest absolute Gasteiger partial charge is 0.0961 e. The van der Waals surface area contributed by atoms with E-state index in [9.17, 15) is 0 Å². The Morgan fingerprint density at radius 1 is 0.960 bits per heavy atom. The minimum absolute atomic E-state index is 0.106. The molecule has 1 aliphatic rings. The summed E-state index contributed by atoms with van der Waals surface area (Å²) < 4.78 is 6.43. The summed E-state index contributed by atoms with van der Waals surface area (Å²) in [5, 5.41) is 0.767. The third kappa shape index (κ3) is 5.07. The highest BCUT2D eigenvalue weighted by Crippen LogP contribution is 2.28. The molecule has 25 heavy (non-hydrogen) atoms. The van der Waals surface area contributed by atoms with Crippen LogP contribution in [0.25, 0.3) is 0 Å². The van der Waals surface area contributed by atoms with Gasteiger partial charge in [-0.2, -0.15) is 0 Å².